The van der Waals surface area contributed by atoms with E-state index >= 15 is 0 Å². The Bertz CT molecular complexity index is 537. The van der Waals surface area contributed by atoms with Crippen LogP contribution >= 0.6 is 0 Å². The number of hydrogen-bond acceptors (Lipinski definition) is 3. The van der Waals surface area contributed by atoms with Gasteiger partial charge in [-0.25, -0.2) is 4.79 Å². The molecule has 24 heavy (non-hydrogen) atoms. The Morgan fingerprint density at radius 3 is 2.83 bits per heavy atom. The molecule has 3 nitrogen and oxygen atoms in total. The molecule has 0 unspecified atom stereocenters. The predicted octanol–water partition coefficient (Wildman–Crippen LogP) is 4.98. The van der Waals surface area contributed by atoms with Gasteiger partial charge in [-0.05, 0) is 70.8 Å². The lowest BCUT2D eigenvalue weighted by molar-refractivity contribution is -0.136. The monoisotopic (exact) mass is 332 g/mol. The van der Waals surface area contributed by atoms with Crippen LogP contribution in [0, 0.1) is 11.8 Å². The molecular weight excluding hydrogens is 300 g/mol. The Balaban J connectivity index is 2.11. The van der Waals surface area contributed by atoms with Crippen LogP contribution in [0.15, 0.2) is 34.9 Å². The largest absolute Gasteiger partial charge is 0.466 e. The van der Waals surface area contributed by atoms with Crippen LogP contribution in [-0.2, 0) is 14.3 Å². The fourth-order valence-electron chi connectivity index (χ4n) is 3.83. The second-order valence-electron chi connectivity index (χ2n) is 7.57. The van der Waals surface area contributed by atoms with Gasteiger partial charge in [0, 0.05) is 5.57 Å². The average Bonchev–Trinajstić information content (AvgIpc) is 2.52. The highest BCUT2D eigenvalue weighted by Crippen LogP contribution is 2.39. The number of ether oxygens (including phenoxy) is 2. The molecule has 1 fully saturated rings. The molecule has 0 bridgehead atoms. The normalized spacial score (nSPS) is 30.2. The summed E-state index contributed by atoms with van der Waals surface area (Å²) in [6, 6.07) is 0. The van der Waals surface area contributed by atoms with Crippen molar-refractivity contribution in [2.75, 3.05) is 7.11 Å². The first kappa shape index (κ1) is 19.0. The highest BCUT2D eigenvalue weighted by molar-refractivity contribution is 5.88. The van der Waals surface area contributed by atoms with E-state index in [0.717, 1.165) is 18.4 Å². The van der Waals surface area contributed by atoms with Gasteiger partial charge in [0.25, 0.3) is 0 Å². The van der Waals surface area contributed by atoms with E-state index in [1.54, 1.807) is 0 Å². The lowest BCUT2D eigenvalue weighted by Gasteiger charge is -2.41. The third kappa shape index (κ3) is 5.07. The SMILES string of the molecule is COC(=O)/C(=C/[C@H]1C[C@@H](C)[C@H]2CCC(C)=C[C@H]2O1)CCC=C(C)C. The minimum absolute atomic E-state index is 0.00389. The van der Waals surface area contributed by atoms with Crippen molar-refractivity contribution >= 4 is 5.97 Å². The van der Waals surface area contributed by atoms with Crippen molar-refractivity contribution in [1.82, 2.24) is 0 Å². The molecule has 0 aromatic rings. The Kier molecular flexibility index (Phi) is 6.85. The number of methoxy groups -OCH3 is 1. The van der Waals surface area contributed by atoms with Gasteiger partial charge in [-0.3, -0.25) is 0 Å². The van der Waals surface area contributed by atoms with E-state index in [4.69, 9.17) is 9.47 Å². The fourth-order valence-corrected chi connectivity index (χ4v) is 3.83. The molecule has 3 heteroatoms. The standard InChI is InChI=1S/C21H32O3/c1-14(2)7-6-8-17(21(22)23-5)13-18-12-16(4)19-10-9-15(3)11-20(19)24-18/h7,11,13,16,18-20H,6,8-10,12H2,1-5H3/b17-13+/t16-,18-,19-,20-/m1/s1. The molecule has 0 aromatic carbocycles. The molecule has 1 heterocycles. The average molecular weight is 332 g/mol. The van der Waals surface area contributed by atoms with Gasteiger partial charge in [0.2, 0.25) is 0 Å². The maximum Gasteiger partial charge on any atom is 0.333 e. The van der Waals surface area contributed by atoms with Gasteiger partial charge in [-0.2, -0.15) is 0 Å². The predicted molar refractivity (Wildman–Crippen MR) is 97.7 cm³/mol. The number of carbonyl (C=O) groups excluding carboxylic acids is 1. The van der Waals surface area contributed by atoms with Gasteiger partial charge in [0.1, 0.15) is 0 Å². The molecule has 1 aliphatic carbocycles. The zero-order valence-electron chi connectivity index (χ0n) is 15.8. The first-order valence-corrected chi connectivity index (χ1v) is 9.15. The van der Waals surface area contributed by atoms with E-state index in [0.29, 0.717) is 18.3 Å². The molecule has 0 N–H and O–H groups in total. The minimum atomic E-state index is -0.231. The van der Waals surface area contributed by atoms with E-state index in [2.05, 4.69) is 39.8 Å². The molecule has 0 aromatic heterocycles. The molecule has 0 amide bonds. The summed E-state index contributed by atoms with van der Waals surface area (Å²) in [5.41, 5.74) is 3.43. The zero-order valence-corrected chi connectivity index (χ0v) is 15.8. The molecule has 2 aliphatic rings. The summed E-state index contributed by atoms with van der Waals surface area (Å²) < 4.78 is 11.3. The highest BCUT2D eigenvalue weighted by Gasteiger charge is 2.36. The fraction of sp³-hybridized carbons (Fsp3) is 0.667. The van der Waals surface area contributed by atoms with E-state index in [-0.39, 0.29) is 18.2 Å². The van der Waals surface area contributed by atoms with Crippen LogP contribution in [0.3, 0.4) is 0 Å². The van der Waals surface area contributed by atoms with Gasteiger partial charge in [0.05, 0.1) is 19.3 Å². The molecule has 134 valence electrons. The van der Waals surface area contributed by atoms with E-state index in [9.17, 15) is 4.79 Å². The molecule has 4 atom stereocenters. The second-order valence-corrected chi connectivity index (χ2v) is 7.57. The quantitative estimate of drug-likeness (QED) is 0.404. The third-order valence-corrected chi connectivity index (χ3v) is 5.21. The first-order chi connectivity index (χ1) is 11.4. The Morgan fingerprint density at radius 2 is 2.17 bits per heavy atom. The lowest BCUT2D eigenvalue weighted by atomic mass is 9.75. The summed E-state index contributed by atoms with van der Waals surface area (Å²) in [6.07, 6.45) is 11.6. The second kappa shape index (κ2) is 8.66. The Morgan fingerprint density at radius 1 is 1.42 bits per heavy atom. The van der Waals surface area contributed by atoms with Gasteiger partial charge in [-0.15, -0.1) is 0 Å². The lowest BCUT2D eigenvalue weighted by Crippen LogP contribution is -2.40. The summed E-state index contributed by atoms with van der Waals surface area (Å²) in [6.45, 7) is 8.65. The van der Waals surface area contributed by atoms with Crippen molar-refractivity contribution in [3.63, 3.8) is 0 Å². The molecule has 0 spiro atoms. The van der Waals surface area contributed by atoms with E-state index < -0.39 is 0 Å². The molecule has 1 aliphatic heterocycles. The maximum absolute atomic E-state index is 12.1. The van der Waals surface area contributed by atoms with Crippen molar-refractivity contribution in [2.24, 2.45) is 11.8 Å². The Hall–Kier alpha value is -1.35. The van der Waals surface area contributed by atoms with Crippen molar-refractivity contribution in [2.45, 2.75) is 72.0 Å². The summed E-state index contributed by atoms with van der Waals surface area (Å²) in [5.74, 6) is 1.00. The van der Waals surface area contributed by atoms with E-state index in [1.165, 1.54) is 31.1 Å². The molecular formula is C21H32O3. The minimum Gasteiger partial charge on any atom is -0.466 e. The van der Waals surface area contributed by atoms with Gasteiger partial charge in [0.15, 0.2) is 0 Å². The van der Waals surface area contributed by atoms with Crippen molar-refractivity contribution < 1.29 is 14.3 Å². The van der Waals surface area contributed by atoms with Crippen LogP contribution in [0.1, 0.15) is 59.8 Å². The van der Waals surface area contributed by atoms with Crippen LogP contribution in [0.5, 0.6) is 0 Å². The number of carbonyl (C=O) groups is 1. The maximum atomic E-state index is 12.1. The van der Waals surface area contributed by atoms with Crippen molar-refractivity contribution in [3.8, 4) is 0 Å². The van der Waals surface area contributed by atoms with Gasteiger partial charge < -0.3 is 9.47 Å². The van der Waals surface area contributed by atoms with E-state index in [1.807, 2.05) is 6.08 Å². The number of esters is 1. The number of rotatable bonds is 5. The number of fused-ring (bicyclic) bond motifs is 1. The number of allylic oxidation sites excluding steroid dienone is 3. The molecule has 2 rings (SSSR count). The van der Waals surface area contributed by atoms with Crippen LogP contribution < -0.4 is 0 Å². The van der Waals surface area contributed by atoms with Crippen LogP contribution in [0.4, 0.5) is 0 Å². The Labute approximate surface area is 146 Å². The molecule has 0 radical (unpaired) electrons. The topological polar surface area (TPSA) is 35.5 Å². The smallest absolute Gasteiger partial charge is 0.333 e. The molecule has 0 saturated carbocycles. The summed E-state index contributed by atoms with van der Waals surface area (Å²) in [4.78, 5) is 12.1. The van der Waals surface area contributed by atoms with Crippen LogP contribution in [-0.4, -0.2) is 25.3 Å². The molecule has 1 saturated heterocycles. The third-order valence-electron chi connectivity index (χ3n) is 5.21. The number of hydrogen-bond donors (Lipinski definition) is 0. The summed E-state index contributed by atoms with van der Waals surface area (Å²) in [5, 5.41) is 0. The first-order valence-electron chi connectivity index (χ1n) is 9.15. The highest BCUT2D eigenvalue weighted by atomic mass is 16.5. The zero-order chi connectivity index (χ0) is 17.7. The summed E-state index contributed by atoms with van der Waals surface area (Å²) >= 11 is 0. The van der Waals surface area contributed by atoms with Gasteiger partial charge in [-0.1, -0.05) is 30.2 Å². The van der Waals surface area contributed by atoms with Crippen molar-refractivity contribution in [1.29, 1.82) is 0 Å². The summed E-state index contributed by atoms with van der Waals surface area (Å²) in [7, 11) is 1.45. The van der Waals surface area contributed by atoms with Crippen LogP contribution in [0.2, 0.25) is 0 Å². The van der Waals surface area contributed by atoms with Crippen LogP contribution in [0.25, 0.3) is 0 Å². The van der Waals surface area contributed by atoms with Crippen molar-refractivity contribution in [3.05, 3.63) is 34.9 Å². The van der Waals surface area contributed by atoms with Gasteiger partial charge >= 0.3 is 5.97 Å².